The van der Waals surface area contributed by atoms with E-state index in [0.717, 1.165) is 5.56 Å². The van der Waals surface area contributed by atoms with Crippen molar-refractivity contribution in [3.8, 4) is 23.3 Å². The van der Waals surface area contributed by atoms with Crippen LogP contribution in [-0.2, 0) is 6.61 Å². The van der Waals surface area contributed by atoms with E-state index in [2.05, 4.69) is 0 Å². The second-order valence-corrected chi connectivity index (χ2v) is 5.40. The molecule has 0 heterocycles. The van der Waals surface area contributed by atoms with Crippen molar-refractivity contribution in [1.29, 1.82) is 5.26 Å². The molecule has 0 atom stereocenters. The molecule has 0 saturated heterocycles. The molecule has 128 valence electrons. The van der Waals surface area contributed by atoms with Gasteiger partial charge in [0.25, 0.3) is 0 Å². The Morgan fingerprint density at radius 2 is 1.65 bits per heavy atom. The van der Waals surface area contributed by atoms with Crippen molar-refractivity contribution in [2.75, 3.05) is 0 Å². The minimum atomic E-state index is -0.576. The molecule has 0 N–H and O–H groups in total. The standard InChI is InChI=1S/C20H14N2O4/c21-13-16-6-11-20(19(12-16)22(23)24)26-18-9-7-17(8-10-18)25-14-15-4-2-1-3-5-15/h1-12H,14H2. The highest BCUT2D eigenvalue weighted by Crippen LogP contribution is 2.32. The lowest BCUT2D eigenvalue weighted by Crippen LogP contribution is -1.96. The fourth-order valence-corrected chi connectivity index (χ4v) is 2.29. The van der Waals surface area contributed by atoms with Gasteiger partial charge in [-0.1, -0.05) is 30.3 Å². The molecule has 0 bridgehead atoms. The second-order valence-electron chi connectivity index (χ2n) is 5.40. The van der Waals surface area contributed by atoms with Crippen molar-refractivity contribution in [2.24, 2.45) is 0 Å². The largest absolute Gasteiger partial charge is 0.489 e. The van der Waals surface area contributed by atoms with Gasteiger partial charge < -0.3 is 9.47 Å². The quantitative estimate of drug-likeness (QED) is 0.471. The fourth-order valence-electron chi connectivity index (χ4n) is 2.29. The third kappa shape index (κ3) is 4.16. The van der Waals surface area contributed by atoms with Gasteiger partial charge >= 0.3 is 5.69 Å². The molecular formula is C20H14N2O4. The maximum absolute atomic E-state index is 11.2. The summed E-state index contributed by atoms with van der Waals surface area (Å²) in [6.45, 7) is 0.447. The SMILES string of the molecule is N#Cc1ccc(Oc2ccc(OCc3ccccc3)cc2)c([N+](=O)[O-])c1. The number of nitro groups is 1. The van der Waals surface area contributed by atoms with Gasteiger partial charge in [-0.25, -0.2) is 0 Å². The number of benzene rings is 3. The first kappa shape index (κ1) is 17.0. The molecule has 0 radical (unpaired) electrons. The van der Waals surface area contributed by atoms with Crippen molar-refractivity contribution in [2.45, 2.75) is 6.61 Å². The summed E-state index contributed by atoms with van der Waals surface area (Å²) in [5, 5.41) is 20.0. The minimum Gasteiger partial charge on any atom is -0.489 e. The second kappa shape index (κ2) is 7.81. The molecule has 3 aromatic carbocycles. The number of ether oxygens (including phenoxy) is 2. The lowest BCUT2D eigenvalue weighted by atomic mass is 10.2. The third-order valence-electron chi connectivity index (χ3n) is 3.58. The van der Waals surface area contributed by atoms with Gasteiger partial charge in [-0.2, -0.15) is 5.26 Å². The van der Waals surface area contributed by atoms with Crippen LogP contribution in [0.3, 0.4) is 0 Å². The van der Waals surface area contributed by atoms with Gasteiger partial charge in [0.2, 0.25) is 5.75 Å². The Morgan fingerprint density at radius 3 is 2.31 bits per heavy atom. The predicted molar refractivity (Wildman–Crippen MR) is 95.1 cm³/mol. The molecule has 0 spiro atoms. The summed E-state index contributed by atoms with van der Waals surface area (Å²) in [6.07, 6.45) is 0. The Kier molecular flexibility index (Phi) is 5.11. The van der Waals surface area contributed by atoms with E-state index < -0.39 is 4.92 Å². The Bertz CT molecular complexity index is 948. The Labute approximate surface area is 150 Å². The topological polar surface area (TPSA) is 85.4 Å². The Balaban J connectivity index is 1.70. The Morgan fingerprint density at radius 1 is 0.962 bits per heavy atom. The molecule has 3 rings (SSSR count). The molecule has 0 aliphatic rings. The number of nitriles is 1. The van der Waals surface area contributed by atoms with Crippen molar-refractivity contribution in [1.82, 2.24) is 0 Å². The van der Waals surface area contributed by atoms with Gasteiger partial charge in [0.15, 0.2) is 0 Å². The summed E-state index contributed by atoms with van der Waals surface area (Å²) in [5.41, 5.74) is 1.00. The van der Waals surface area contributed by atoms with E-state index in [1.807, 2.05) is 36.4 Å². The van der Waals surface area contributed by atoms with Crippen LogP contribution < -0.4 is 9.47 Å². The molecule has 0 fully saturated rings. The van der Waals surface area contributed by atoms with Crippen LogP contribution >= 0.6 is 0 Å². The average Bonchev–Trinajstić information content (AvgIpc) is 2.68. The highest BCUT2D eigenvalue weighted by atomic mass is 16.6. The van der Waals surface area contributed by atoms with E-state index in [9.17, 15) is 10.1 Å². The van der Waals surface area contributed by atoms with Gasteiger partial charge in [0.1, 0.15) is 18.1 Å². The van der Waals surface area contributed by atoms with Crippen LogP contribution in [0.2, 0.25) is 0 Å². The van der Waals surface area contributed by atoms with Crippen LogP contribution in [0.25, 0.3) is 0 Å². The summed E-state index contributed by atoms with van der Waals surface area (Å²) in [4.78, 5) is 10.6. The van der Waals surface area contributed by atoms with E-state index >= 15 is 0 Å². The number of nitrogens with zero attached hydrogens (tertiary/aromatic N) is 2. The molecule has 3 aromatic rings. The summed E-state index contributed by atoms with van der Waals surface area (Å²) in [7, 11) is 0. The van der Waals surface area contributed by atoms with Crippen LogP contribution in [0.15, 0.2) is 72.8 Å². The average molecular weight is 346 g/mol. The van der Waals surface area contributed by atoms with Gasteiger partial charge in [-0.3, -0.25) is 10.1 Å². The fraction of sp³-hybridized carbons (Fsp3) is 0.0500. The van der Waals surface area contributed by atoms with E-state index in [0.29, 0.717) is 18.1 Å². The molecule has 0 unspecified atom stereocenters. The summed E-state index contributed by atoms with van der Waals surface area (Å²) in [5.74, 6) is 1.17. The minimum absolute atomic E-state index is 0.0759. The Hall–Kier alpha value is -3.85. The number of rotatable bonds is 6. The lowest BCUT2D eigenvalue weighted by Gasteiger charge is -2.09. The molecule has 6 heteroatoms. The van der Waals surface area contributed by atoms with Gasteiger partial charge in [0.05, 0.1) is 16.6 Å². The van der Waals surface area contributed by atoms with Crippen molar-refractivity contribution < 1.29 is 14.4 Å². The van der Waals surface area contributed by atoms with Gasteiger partial charge in [-0.05, 0) is 42.0 Å². The van der Waals surface area contributed by atoms with Crippen molar-refractivity contribution in [3.05, 3.63) is 94.0 Å². The molecule has 0 aromatic heterocycles. The zero-order valence-corrected chi connectivity index (χ0v) is 13.7. The molecule has 0 aliphatic heterocycles. The zero-order valence-electron chi connectivity index (χ0n) is 13.7. The van der Waals surface area contributed by atoms with E-state index in [-0.39, 0.29) is 17.0 Å². The molecule has 0 aliphatic carbocycles. The summed E-state index contributed by atoms with van der Waals surface area (Å²) < 4.78 is 11.3. The molecule has 0 saturated carbocycles. The first-order valence-electron chi connectivity index (χ1n) is 7.79. The molecule has 26 heavy (non-hydrogen) atoms. The first-order valence-corrected chi connectivity index (χ1v) is 7.79. The smallest absolute Gasteiger partial charge is 0.312 e. The predicted octanol–water partition coefficient (Wildman–Crippen LogP) is 4.84. The number of hydrogen-bond donors (Lipinski definition) is 0. The number of hydrogen-bond acceptors (Lipinski definition) is 5. The van der Waals surface area contributed by atoms with E-state index in [1.165, 1.54) is 18.2 Å². The summed E-state index contributed by atoms with van der Waals surface area (Å²) >= 11 is 0. The zero-order chi connectivity index (χ0) is 18.4. The van der Waals surface area contributed by atoms with Gasteiger partial charge in [-0.15, -0.1) is 0 Å². The van der Waals surface area contributed by atoms with Gasteiger partial charge in [0, 0.05) is 6.07 Å². The maximum Gasteiger partial charge on any atom is 0.312 e. The molecule has 0 amide bonds. The van der Waals surface area contributed by atoms with Crippen molar-refractivity contribution in [3.63, 3.8) is 0 Å². The van der Waals surface area contributed by atoms with Crippen LogP contribution in [0.5, 0.6) is 17.2 Å². The highest BCUT2D eigenvalue weighted by molar-refractivity contribution is 5.53. The van der Waals surface area contributed by atoms with Crippen LogP contribution in [0.4, 0.5) is 5.69 Å². The first-order chi connectivity index (χ1) is 12.7. The molecular weight excluding hydrogens is 332 g/mol. The van der Waals surface area contributed by atoms with Crippen LogP contribution in [0, 0.1) is 21.4 Å². The maximum atomic E-state index is 11.2. The monoisotopic (exact) mass is 346 g/mol. The van der Waals surface area contributed by atoms with Crippen LogP contribution in [0.1, 0.15) is 11.1 Å². The molecule has 6 nitrogen and oxygen atoms in total. The third-order valence-corrected chi connectivity index (χ3v) is 3.58. The summed E-state index contributed by atoms with van der Waals surface area (Å²) in [6, 6.07) is 22.5. The normalized spacial score (nSPS) is 9.96. The van der Waals surface area contributed by atoms with Crippen molar-refractivity contribution >= 4 is 5.69 Å². The lowest BCUT2D eigenvalue weighted by molar-refractivity contribution is -0.385. The van der Waals surface area contributed by atoms with E-state index in [1.54, 1.807) is 24.3 Å². The highest BCUT2D eigenvalue weighted by Gasteiger charge is 2.16. The number of nitro benzene ring substituents is 1. The van der Waals surface area contributed by atoms with Crippen LogP contribution in [-0.4, -0.2) is 4.92 Å². The van der Waals surface area contributed by atoms with E-state index in [4.69, 9.17) is 14.7 Å².